The maximum atomic E-state index is 13.9. The van der Waals surface area contributed by atoms with E-state index in [4.69, 9.17) is 4.74 Å². The van der Waals surface area contributed by atoms with E-state index in [1.54, 1.807) is 0 Å². The van der Waals surface area contributed by atoms with E-state index in [1.165, 1.54) is 38.2 Å². The second kappa shape index (κ2) is 8.62. The highest BCUT2D eigenvalue weighted by atomic mass is 19.1. The molecule has 1 aromatic carbocycles. The molecular weight excluding hydrogens is 336 g/mol. The van der Waals surface area contributed by atoms with Crippen molar-refractivity contribution in [1.29, 1.82) is 0 Å². The molecule has 1 aliphatic rings. The van der Waals surface area contributed by atoms with E-state index < -0.39 is 11.6 Å². The van der Waals surface area contributed by atoms with Gasteiger partial charge in [-0.25, -0.2) is 13.5 Å². The number of hydrogen-bond donors (Lipinski definition) is 1. The predicted octanol–water partition coefficient (Wildman–Crippen LogP) is 4.60. The van der Waals surface area contributed by atoms with Crippen molar-refractivity contribution in [2.75, 3.05) is 7.05 Å². The Morgan fingerprint density at radius 3 is 2.73 bits per heavy atom. The van der Waals surface area contributed by atoms with Gasteiger partial charge in [0.2, 0.25) is 5.88 Å². The quantitative estimate of drug-likeness (QED) is 0.781. The third-order valence-corrected chi connectivity index (χ3v) is 5.21. The first-order valence-electron chi connectivity index (χ1n) is 9.38. The molecular formula is C20H27F2N3O. The number of rotatable bonds is 7. The molecule has 1 saturated carbocycles. The van der Waals surface area contributed by atoms with Gasteiger partial charge in [-0.3, -0.25) is 0 Å². The summed E-state index contributed by atoms with van der Waals surface area (Å²) in [6.45, 7) is 2.78. The zero-order valence-electron chi connectivity index (χ0n) is 15.5. The van der Waals surface area contributed by atoms with Crippen LogP contribution in [-0.2, 0) is 13.2 Å². The molecule has 1 N–H and O–H groups in total. The summed E-state index contributed by atoms with van der Waals surface area (Å²) in [4.78, 5) is 0. The summed E-state index contributed by atoms with van der Waals surface area (Å²) >= 11 is 0. The maximum absolute atomic E-state index is 13.9. The summed E-state index contributed by atoms with van der Waals surface area (Å²) < 4.78 is 35.0. The van der Waals surface area contributed by atoms with Crippen LogP contribution in [0, 0.1) is 17.6 Å². The van der Waals surface area contributed by atoms with E-state index in [0.29, 0.717) is 18.3 Å². The van der Waals surface area contributed by atoms with Gasteiger partial charge in [0.25, 0.3) is 0 Å². The highest BCUT2D eigenvalue weighted by Crippen LogP contribution is 2.35. The zero-order chi connectivity index (χ0) is 18.5. The Bertz CT molecular complexity index is 726. The van der Waals surface area contributed by atoms with Crippen molar-refractivity contribution >= 4 is 0 Å². The van der Waals surface area contributed by atoms with Crippen molar-refractivity contribution in [3.05, 3.63) is 47.2 Å². The van der Waals surface area contributed by atoms with Crippen molar-refractivity contribution in [2.24, 2.45) is 5.92 Å². The highest BCUT2D eigenvalue weighted by molar-refractivity contribution is 5.21. The van der Waals surface area contributed by atoms with E-state index in [1.807, 2.05) is 17.8 Å². The first kappa shape index (κ1) is 18.8. The monoisotopic (exact) mass is 363 g/mol. The van der Waals surface area contributed by atoms with E-state index >= 15 is 0 Å². The number of benzene rings is 1. The molecule has 1 atom stereocenters. The van der Waals surface area contributed by atoms with Gasteiger partial charge < -0.3 is 10.1 Å². The predicted molar refractivity (Wildman–Crippen MR) is 97.0 cm³/mol. The van der Waals surface area contributed by atoms with Crippen LogP contribution in [0.15, 0.2) is 24.3 Å². The highest BCUT2D eigenvalue weighted by Gasteiger charge is 2.25. The summed E-state index contributed by atoms with van der Waals surface area (Å²) in [6, 6.07) is 5.51. The number of hydrogen-bond acceptors (Lipinski definition) is 3. The fourth-order valence-electron chi connectivity index (χ4n) is 3.71. The van der Waals surface area contributed by atoms with Crippen molar-refractivity contribution in [3.63, 3.8) is 0 Å². The lowest BCUT2D eigenvalue weighted by Gasteiger charge is -2.28. The molecule has 0 spiro atoms. The van der Waals surface area contributed by atoms with Crippen LogP contribution in [-0.4, -0.2) is 16.8 Å². The van der Waals surface area contributed by atoms with E-state index in [0.717, 1.165) is 17.8 Å². The van der Waals surface area contributed by atoms with Gasteiger partial charge >= 0.3 is 0 Å². The lowest BCUT2D eigenvalue weighted by molar-refractivity contribution is 0.208. The van der Waals surface area contributed by atoms with Crippen molar-refractivity contribution in [2.45, 2.75) is 58.2 Å². The molecule has 2 aromatic rings. The minimum absolute atomic E-state index is 0.0222. The molecule has 1 aromatic heterocycles. The summed E-state index contributed by atoms with van der Waals surface area (Å²) in [5.74, 6) is 0.245. The van der Waals surface area contributed by atoms with Gasteiger partial charge in [-0.2, -0.15) is 5.10 Å². The van der Waals surface area contributed by atoms with Crippen LogP contribution in [0.2, 0.25) is 0 Å². The zero-order valence-corrected chi connectivity index (χ0v) is 15.5. The maximum Gasteiger partial charge on any atom is 0.212 e. The molecule has 0 bridgehead atoms. The SMILES string of the molecule is CNCc1cc(OCc2cc(F)ccc2F)n(C(C)C2CCCCC2)n1. The van der Waals surface area contributed by atoms with Gasteiger partial charge in [0, 0.05) is 18.2 Å². The molecule has 0 radical (unpaired) electrons. The standard InChI is InChI=1S/C20H27F2N3O/c1-14(15-6-4-3-5-7-15)25-20(11-18(24-25)12-23-2)26-13-16-10-17(21)8-9-19(16)22/h8-11,14-15,23H,3-7,12-13H2,1-2H3. The first-order chi connectivity index (χ1) is 12.6. The summed E-state index contributed by atoms with van der Waals surface area (Å²) in [5, 5.41) is 7.78. The molecule has 1 unspecified atom stereocenters. The largest absolute Gasteiger partial charge is 0.473 e. The lowest BCUT2D eigenvalue weighted by atomic mass is 9.85. The molecule has 3 rings (SSSR count). The molecule has 1 heterocycles. The Morgan fingerprint density at radius 1 is 1.23 bits per heavy atom. The van der Waals surface area contributed by atoms with Gasteiger partial charge in [0.1, 0.15) is 18.2 Å². The number of ether oxygens (including phenoxy) is 1. The summed E-state index contributed by atoms with van der Waals surface area (Å²) in [5.41, 5.74) is 1.09. The number of nitrogens with one attached hydrogen (secondary N) is 1. The minimum atomic E-state index is -0.468. The molecule has 0 aliphatic heterocycles. The van der Waals surface area contributed by atoms with Crippen molar-refractivity contribution in [3.8, 4) is 5.88 Å². The lowest BCUT2D eigenvalue weighted by Crippen LogP contribution is -2.21. The van der Waals surface area contributed by atoms with Gasteiger partial charge in [-0.05, 0) is 50.9 Å². The van der Waals surface area contributed by atoms with E-state index in [9.17, 15) is 8.78 Å². The van der Waals surface area contributed by atoms with Gasteiger partial charge in [-0.15, -0.1) is 0 Å². The topological polar surface area (TPSA) is 39.1 Å². The molecule has 26 heavy (non-hydrogen) atoms. The fraction of sp³-hybridized carbons (Fsp3) is 0.550. The van der Waals surface area contributed by atoms with Crippen LogP contribution in [0.1, 0.15) is 56.3 Å². The van der Waals surface area contributed by atoms with Crippen molar-refractivity contribution in [1.82, 2.24) is 15.1 Å². The Kier molecular flexibility index (Phi) is 6.25. The molecule has 6 heteroatoms. The van der Waals surface area contributed by atoms with Crippen molar-refractivity contribution < 1.29 is 13.5 Å². The average Bonchev–Trinajstić information content (AvgIpc) is 3.05. The first-order valence-corrected chi connectivity index (χ1v) is 9.38. The van der Waals surface area contributed by atoms with Crippen LogP contribution in [0.3, 0.4) is 0 Å². The van der Waals surface area contributed by atoms with E-state index in [-0.39, 0.29) is 18.2 Å². The fourth-order valence-corrected chi connectivity index (χ4v) is 3.71. The van der Waals surface area contributed by atoms with Crippen LogP contribution in [0.5, 0.6) is 5.88 Å². The Balaban J connectivity index is 1.79. The third-order valence-electron chi connectivity index (χ3n) is 5.21. The molecule has 1 fully saturated rings. The molecule has 142 valence electrons. The molecule has 1 aliphatic carbocycles. The number of aromatic nitrogens is 2. The Morgan fingerprint density at radius 2 is 2.00 bits per heavy atom. The average molecular weight is 363 g/mol. The van der Waals surface area contributed by atoms with E-state index in [2.05, 4.69) is 17.3 Å². The number of nitrogens with zero attached hydrogens (tertiary/aromatic N) is 2. The summed E-state index contributed by atoms with van der Waals surface area (Å²) in [6.07, 6.45) is 6.20. The van der Waals surface area contributed by atoms with Crippen LogP contribution >= 0.6 is 0 Å². The Hall–Kier alpha value is -1.95. The number of halogens is 2. The van der Waals surface area contributed by atoms with Gasteiger partial charge in [0.05, 0.1) is 11.7 Å². The smallest absolute Gasteiger partial charge is 0.212 e. The van der Waals surface area contributed by atoms with Crippen LogP contribution in [0.4, 0.5) is 8.78 Å². The molecule has 0 amide bonds. The van der Waals surface area contributed by atoms with Crippen LogP contribution in [0.25, 0.3) is 0 Å². The van der Waals surface area contributed by atoms with Gasteiger partial charge in [0.15, 0.2) is 0 Å². The van der Waals surface area contributed by atoms with Crippen LogP contribution < -0.4 is 10.1 Å². The second-order valence-electron chi connectivity index (χ2n) is 7.11. The normalized spacial score (nSPS) is 16.6. The molecule has 0 saturated heterocycles. The molecule has 4 nitrogen and oxygen atoms in total. The summed E-state index contributed by atoms with van der Waals surface area (Å²) in [7, 11) is 1.87. The Labute approximate surface area is 153 Å². The third kappa shape index (κ3) is 4.41. The second-order valence-corrected chi connectivity index (χ2v) is 7.11. The minimum Gasteiger partial charge on any atom is -0.473 e. The van der Waals surface area contributed by atoms with Gasteiger partial charge in [-0.1, -0.05) is 19.3 Å².